The molecule has 7 heterocycles. The van der Waals surface area contributed by atoms with Crippen LogP contribution in [-0.2, 0) is 6.54 Å². The fraction of sp³-hybridized carbons (Fsp3) is 0.333. The van der Waals surface area contributed by atoms with E-state index >= 15 is 0 Å². The van der Waals surface area contributed by atoms with Crippen molar-refractivity contribution in [2.75, 3.05) is 43.6 Å². The van der Waals surface area contributed by atoms with E-state index < -0.39 is 0 Å². The molecule has 0 saturated carbocycles. The summed E-state index contributed by atoms with van der Waals surface area (Å²) in [6.07, 6.45) is 6.81. The third-order valence-electron chi connectivity index (χ3n) is 7.27. The summed E-state index contributed by atoms with van der Waals surface area (Å²) in [7, 11) is 1.63. The number of piperazine rings is 1. The fourth-order valence-corrected chi connectivity index (χ4v) is 5.44. The third kappa shape index (κ3) is 4.22. The second-order valence-corrected chi connectivity index (χ2v) is 9.44. The van der Waals surface area contributed by atoms with Gasteiger partial charge in [-0.3, -0.25) is 4.90 Å². The highest BCUT2D eigenvalue weighted by molar-refractivity contribution is 5.87. The van der Waals surface area contributed by atoms with Crippen LogP contribution in [-0.4, -0.2) is 75.0 Å². The molecule has 0 radical (unpaired) electrons. The molecular formula is C27H28N8O2. The van der Waals surface area contributed by atoms with Crippen LogP contribution in [0.1, 0.15) is 17.5 Å². The number of nitrogens with zero attached hydrogens (tertiary/aromatic N) is 7. The average molecular weight is 497 g/mol. The number of fused-ring (bicyclic) bond motifs is 3. The summed E-state index contributed by atoms with van der Waals surface area (Å²) in [6.45, 7) is 3.09. The number of anilines is 2. The number of rotatable bonds is 8. The second kappa shape index (κ2) is 9.69. The molecular weight excluding hydrogens is 468 g/mol. The van der Waals surface area contributed by atoms with Crippen molar-refractivity contribution < 1.29 is 9.84 Å². The van der Waals surface area contributed by atoms with Crippen LogP contribution in [0.5, 0.6) is 5.88 Å². The van der Waals surface area contributed by atoms with E-state index in [0.29, 0.717) is 35.9 Å². The average Bonchev–Trinajstić information content (AvgIpc) is 3.32. The van der Waals surface area contributed by atoms with Gasteiger partial charge in [0.2, 0.25) is 5.88 Å². The van der Waals surface area contributed by atoms with Gasteiger partial charge in [-0.25, -0.2) is 14.5 Å². The van der Waals surface area contributed by atoms with Crippen molar-refractivity contribution in [3.8, 4) is 23.1 Å². The minimum Gasteiger partial charge on any atom is -0.481 e. The number of piperidine rings is 1. The topological polar surface area (TPSA) is 115 Å². The Labute approximate surface area is 214 Å². The molecule has 3 fully saturated rings. The summed E-state index contributed by atoms with van der Waals surface area (Å²) in [5, 5.41) is 26.5. The van der Waals surface area contributed by atoms with Crippen molar-refractivity contribution in [2.24, 2.45) is 0 Å². The lowest BCUT2D eigenvalue weighted by atomic mass is 9.87. The zero-order chi connectivity index (χ0) is 25.4. The van der Waals surface area contributed by atoms with Crippen molar-refractivity contribution in [2.45, 2.75) is 25.0 Å². The van der Waals surface area contributed by atoms with Gasteiger partial charge in [-0.1, -0.05) is 12.1 Å². The van der Waals surface area contributed by atoms with Gasteiger partial charge in [0.05, 0.1) is 19.2 Å². The highest BCUT2D eigenvalue weighted by Gasteiger charge is 2.44. The van der Waals surface area contributed by atoms with Crippen LogP contribution >= 0.6 is 0 Å². The first kappa shape index (κ1) is 23.2. The summed E-state index contributed by atoms with van der Waals surface area (Å²) in [5.74, 6) is 2.08. The molecule has 3 aliphatic rings. The maximum Gasteiger partial charge on any atom is 0.212 e. The molecule has 2 bridgehead atoms. The molecule has 0 aliphatic carbocycles. The van der Waals surface area contributed by atoms with Crippen LogP contribution in [0.4, 0.5) is 11.6 Å². The zero-order valence-electron chi connectivity index (χ0n) is 20.6. The summed E-state index contributed by atoms with van der Waals surface area (Å²) < 4.78 is 6.87. The number of aliphatic hydroxyl groups is 1. The molecule has 3 saturated heterocycles. The Morgan fingerprint density at radius 2 is 2.00 bits per heavy atom. The van der Waals surface area contributed by atoms with Crippen molar-refractivity contribution in [3.63, 3.8) is 0 Å². The van der Waals surface area contributed by atoms with Crippen LogP contribution in [0.25, 0.3) is 16.6 Å². The fourth-order valence-electron chi connectivity index (χ4n) is 5.44. The Morgan fingerprint density at radius 1 is 1.14 bits per heavy atom. The van der Waals surface area contributed by atoms with Gasteiger partial charge in [0.1, 0.15) is 17.5 Å². The predicted octanol–water partition coefficient (Wildman–Crippen LogP) is 2.54. The molecule has 0 spiro atoms. The Kier molecular flexibility index (Phi) is 6.08. The van der Waals surface area contributed by atoms with Crippen molar-refractivity contribution in [1.29, 1.82) is 5.26 Å². The van der Waals surface area contributed by atoms with E-state index in [1.54, 1.807) is 11.6 Å². The van der Waals surface area contributed by atoms with Crippen LogP contribution in [0, 0.1) is 11.3 Å². The normalized spacial score (nSPS) is 18.9. The number of aliphatic hydroxyl groups excluding tert-OH is 1. The number of hydrogen-bond donors (Lipinski definition) is 2. The van der Waals surface area contributed by atoms with Gasteiger partial charge in [0.15, 0.2) is 5.82 Å². The first-order valence-electron chi connectivity index (χ1n) is 12.4. The highest BCUT2D eigenvalue weighted by Crippen LogP contribution is 2.36. The Hall–Kier alpha value is -4.20. The van der Waals surface area contributed by atoms with E-state index in [1.165, 1.54) is 12.0 Å². The first-order chi connectivity index (χ1) is 18.2. The Bertz CT molecular complexity index is 1430. The van der Waals surface area contributed by atoms with Crippen molar-refractivity contribution >= 4 is 17.2 Å². The minimum atomic E-state index is -0.0361. The Balaban J connectivity index is 1.18. The maximum absolute atomic E-state index is 9.82. The Morgan fingerprint density at radius 3 is 2.68 bits per heavy atom. The number of ether oxygens (including phenoxy) is 1. The monoisotopic (exact) mass is 496 g/mol. The summed E-state index contributed by atoms with van der Waals surface area (Å²) >= 11 is 0. The smallest absolute Gasteiger partial charge is 0.212 e. The minimum absolute atomic E-state index is 0.0361. The molecule has 7 rings (SSSR count). The van der Waals surface area contributed by atoms with E-state index in [0.717, 1.165) is 42.1 Å². The summed E-state index contributed by atoms with van der Waals surface area (Å²) in [5.41, 5.74) is 4.20. The van der Waals surface area contributed by atoms with E-state index in [2.05, 4.69) is 49.5 Å². The molecule has 4 aromatic rings. The van der Waals surface area contributed by atoms with E-state index in [9.17, 15) is 5.26 Å². The van der Waals surface area contributed by atoms with Crippen LogP contribution in [0.2, 0.25) is 0 Å². The molecule has 10 heteroatoms. The second-order valence-electron chi connectivity index (χ2n) is 9.44. The molecule has 0 amide bonds. The highest BCUT2D eigenvalue weighted by atomic mass is 16.5. The van der Waals surface area contributed by atoms with Gasteiger partial charge in [-0.15, -0.1) is 5.10 Å². The lowest BCUT2D eigenvalue weighted by Crippen LogP contribution is -2.68. The number of nitriles is 1. The SMILES string of the molecule is COc1ccc(CN2C3CC2CN(c2ccc(-c4cccn5nc(NCCO)c(C#N)c45)cn2)C3)cn1. The summed E-state index contributed by atoms with van der Waals surface area (Å²) in [4.78, 5) is 14.1. The van der Waals surface area contributed by atoms with Gasteiger partial charge in [0, 0.05) is 74.0 Å². The van der Waals surface area contributed by atoms with E-state index in [4.69, 9.17) is 14.8 Å². The number of hydrogen-bond acceptors (Lipinski definition) is 9. The molecule has 4 aromatic heterocycles. The van der Waals surface area contributed by atoms with Crippen LogP contribution < -0.4 is 15.0 Å². The van der Waals surface area contributed by atoms with Crippen molar-refractivity contribution in [3.05, 3.63) is 66.1 Å². The van der Waals surface area contributed by atoms with E-state index in [1.807, 2.05) is 36.8 Å². The predicted molar refractivity (Wildman–Crippen MR) is 139 cm³/mol. The molecule has 37 heavy (non-hydrogen) atoms. The largest absolute Gasteiger partial charge is 0.481 e. The number of aromatic nitrogens is 4. The number of pyridine rings is 3. The summed E-state index contributed by atoms with van der Waals surface area (Å²) in [6, 6.07) is 15.3. The van der Waals surface area contributed by atoms with Gasteiger partial charge in [-0.2, -0.15) is 5.26 Å². The third-order valence-corrected chi connectivity index (χ3v) is 7.27. The van der Waals surface area contributed by atoms with Crippen LogP contribution in [0.3, 0.4) is 0 Å². The molecule has 2 N–H and O–H groups in total. The standard InChI is InChI=1S/C27H28N8O2/c1-37-25-7-4-18(13-31-25)15-34-20-11-21(34)17-33(16-20)24-6-5-19(14-30-24)22-3-2-9-35-26(22)23(12-28)27(32-35)29-8-10-36/h2-7,9,13-14,20-21,36H,8,10-11,15-17H2,1H3,(H,29,32). The lowest BCUT2D eigenvalue weighted by Gasteiger charge is -2.56. The number of methoxy groups -OCH3 is 1. The maximum atomic E-state index is 9.82. The van der Waals surface area contributed by atoms with Gasteiger partial charge in [-0.05, 0) is 30.2 Å². The van der Waals surface area contributed by atoms with Gasteiger partial charge < -0.3 is 20.1 Å². The molecule has 0 aromatic carbocycles. The first-order valence-corrected chi connectivity index (χ1v) is 12.4. The lowest BCUT2D eigenvalue weighted by molar-refractivity contribution is -0.00876. The number of nitrogens with one attached hydrogen (secondary N) is 1. The van der Waals surface area contributed by atoms with Crippen molar-refractivity contribution in [1.82, 2.24) is 24.5 Å². The van der Waals surface area contributed by atoms with Gasteiger partial charge >= 0.3 is 0 Å². The zero-order valence-corrected chi connectivity index (χ0v) is 20.6. The molecule has 2 atom stereocenters. The molecule has 188 valence electrons. The molecule has 10 nitrogen and oxygen atoms in total. The van der Waals surface area contributed by atoms with Gasteiger partial charge in [0.25, 0.3) is 0 Å². The van der Waals surface area contributed by atoms with E-state index in [-0.39, 0.29) is 6.61 Å². The van der Waals surface area contributed by atoms with Crippen LogP contribution in [0.15, 0.2) is 55.0 Å². The quantitative estimate of drug-likeness (QED) is 0.380. The molecule has 3 aliphatic heterocycles. The molecule has 2 unspecified atom stereocenters.